The molecule has 9 N–H and O–H groups in total. The van der Waals surface area contributed by atoms with Gasteiger partial charge in [0.25, 0.3) is 0 Å². The van der Waals surface area contributed by atoms with Gasteiger partial charge in [-0.3, -0.25) is 4.79 Å². The minimum atomic E-state index is -1.79. The van der Waals surface area contributed by atoms with Gasteiger partial charge in [0.05, 0.1) is 32.0 Å². The number of carbonyl (C=O) groups is 1. The van der Waals surface area contributed by atoms with Crippen LogP contribution in [-0.4, -0.2) is 140 Å². The minimum Gasteiger partial charge on any atom is -0.394 e. The summed E-state index contributed by atoms with van der Waals surface area (Å²) in [7, 11) is 0. The van der Waals surface area contributed by atoms with Gasteiger partial charge in [0.15, 0.2) is 12.6 Å². The number of carbonyl (C=O) groups excluding carboxylic acids is 1. The third kappa shape index (κ3) is 30.3. The van der Waals surface area contributed by atoms with Crippen molar-refractivity contribution < 1.29 is 64.6 Å². The summed E-state index contributed by atoms with van der Waals surface area (Å²) in [4.78, 5) is 13.2. The molecule has 0 bridgehead atoms. The van der Waals surface area contributed by atoms with Gasteiger partial charge in [-0.1, -0.05) is 231 Å². The van der Waals surface area contributed by atoms with E-state index in [1.54, 1.807) is 6.08 Å². The summed E-state index contributed by atoms with van der Waals surface area (Å²) in [6.45, 7) is 2.80. The molecule has 0 aliphatic carbocycles. The molecular weight excluding hydrogens is 919 g/mol. The van der Waals surface area contributed by atoms with Crippen LogP contribution < -0.4 is 5.32 Å². The van der Waals surface area contributed by atoms with Gasteiger partial charge >= 0.3 is 0 Å². The Morgan fingerprint density at radius 3 is 1.36 bits per heavy atom. The standard InChI is InChI=1S/C58H109NO13/c1-3-5-7-9-11-13-15-17-19-21-23-24-25-27-29-31-33-35-37-39-41-47(62)46(59-50(63)42-40-38-36-34-32-30-28-26-22-20-18-16-14-12-10-8-6-4-2)45-69-57-55(68)53(66)56(49(44-61)71-57)72-58-54(67)52(65)51(64)48(43-60)70-58/h31,33,39,41,46-49,51-58,60-62,64-68H,3-30,32,34-38,40,42-45H2,1-2H3,(H,59,63)/b33-31+,41-39+. The molecule has 2 rings (SSSR count). The molecule has 2 aliphatic heterocycles. The normalized spacial score (nSPS) is 25.7. The van der Waals surface area contributed by atoms with E-state index in [-0.39, 0.29) is 18.9 Å². The third-order valence-electron chi connectivity index (χ3n) is 14.6. The van der Waals surface area contributed by atoms with Gasteiger partial charge in [-0.15, -0.1) is 0 Å². The van der Waals surface area contributed by atoms with E-state index in [0.717, 1.165) is 32.1 Å². The average molecular weight is 1030 g/mol. The first-order valence-corrected chi connectivity index (χ1v) is 29.6. The predicted molar refractivity (Wildman–Crippen MR) is 286 cm³/mol. The van der Waals surface area contributed by atoms with Crippen molar-refractivity contribution in [2.24, 2.45) is 0 Å². The molecule has 14 nitrogen and oxygen atoms in total. The quantitative estimate of drug-likeness (QED) is 0.0205. The highest BCUT2D eigenvalue weighted by molar-refractivity contribution is 5.76. The molecule has 14 heteroatoms. The monoisotopic (exact) mass is 1030 g/mol. The second-order valence-corrected chi connectivity index (χ2v) is 21.1. The van der Waals surface area contributed by atoms with Gasteiger partial charge in [-0.25, -0.2) is 0 Å². The zero-order valence-electron chi connectivity index (χ0n) is 45.4. The smallest absolute Gasteiger partial charge is 0.220 e. The molecular formula is C58H109NO13. The zero-order chi connectivity index (χ0) is 52.4. The molecule has 0 aromatic carbocycles. The molecule has 2 aliphatic rings. The highest BCUT2D eigenvalue weighted by Gasteiger charge is 2.51. The number of hydrogen-bond donors (Lipinski definition) is 9. The molecule has 2 heterocycles. The molecule has 2 saturated heterocycles. The fourth-order valence-electron chi connectivity index (χ4n) is 9.84. The first-order chi connectivity index (χ1) is 35.1. The summed E-state index contributed by atoms with van der Waals surface area (Å²) >= 11 is 0. The van der Waals surface area contributed by atoms with Crippen LogP contribution in [0.15, 0.2) is 24.3 Å². The maximum atomic E-state index is 13.2. The Kier molecular flexibility index (Phi) is 41.2. The number of rotatable bonds is 47. The van der Waals surface area contributed by atoms with Crippen LogP contribution in [0.2, 0.25) is 0 Å². The van der Waals surface area contributed by atoms with Crippen molar-refractivity contribution in [1.82, 2.24) is 5.32 Å². The minimum absolute atomic E-state index is 0.245. The number of ether oxygens (including phenoxy) is 4. The van der Waals surface area contributed by atoms with Gasteiger partial charge in [-0.05, 0) is 32.1 Å². The van der Waals surface area contributed by atoms with Gasteiger partial charge in [-0.2, -0.15) is 0 Å². The Balaban J connectivity index is 1.79. The Hall–Kier alpha value is -1.53. The van der Waals surface area contributed by atoms with E-state index in [4.69, 9.17) is 18.9 Å². The molecule has 0 spiro atoms. The van der Waals surface area contributed by atoms with Crippen LogP contribution in [0.25, 0.3) is 0 Å². The highest BCUT2D eigenvalue weighted by Crippen LogP contribution is 2.30. The number of aliphatic hydroxyl groups is 8. The summed E-state index contributed by atoms with van der Waals surface area (Å²) in [6, 6.07) is -0.927. The van der Waals surface area contributed by atoms with Crippen LogP contribution in [0.5, 0.6) is 0 Å². The lowest BCUT2D eigenvalue weighted by atomic mass is 9.97. The number of allylic oxidation sites excluding steroid dienone is 3. The van der Waals surface area contributed by atoms with Gasteiger partial charge in [0.1, 0.15) is 48.8 Å². The van der Waals surface area contributed by atoms with Crippen LogP contribution in [0, 0.1) is 0 Å². The van der Waals surface area contributed by atoms with E-state index in [9.17, 15) is 45.6 Å². The van der Waals surface area contributed by atoms with Crippen molar-refractivity contribution in [3.63, 3.8) is 0 Å². The van der Waals surface area contributed by atoms with Crippen LogP contribution in [-0.2, 0) is 23.7 Å². The fourth-order valence-corrected chi connectivity index (χ4v) is 9.84. The second kappa shape index (κ2) is 44.6. The molecule has 0 saturated carbocycles. The molecule has 1 amide bonds. The number of aliphatic hydroxyl groups excluding tert-OH is 8. The summed E-state index contributed by atoms with van der Waals surface area (Å²) in [6.07, 6.45) is 35.0. The highest BCUT2D eigenvalue weighted by atomic mass is 16.7. The number of unbranched alkanes of at least 4 members (excludes halogenated alkanes) is 32. The van der Waals surface area contributed by atoms with Gasteiger partial charge in [0.2, 0.25) is 5.91 Å². The molecule has 12 atom stereocenters. The van der Waals surface area contributed by atoms with E-state index in [2.05, 4.69) is 31.3 Å². The summed E-state index contributed by atoms with van der Waals surface area (Å²) in [5.74, 6) is -0.245. The first-order valence-electron chi connectivity index (χ1n) is 29.6. The first kappa shape index (κ1) is 66.6. The average Bonchev–Trinajstić information content (AvgIpc) is 3.38. The van der Waals surface area contributed by atoms with Crippen LogP contribution >= 0.6 is 0 Å². The van der Waals surface area contributed by atoms with Crippen molar-refractivity contribution >= 4 is 5.91 Å². The van der Waals surface area contributed by atoms with Crippen LogP contribution in [0.1, 0.15) is 245 Å². The Labute approximate surface area is 437 Å². The Bertz CT molecular complexity index is 1300. The fraction of sp³-hybridized carbons (Fsp3) is 0.914. The number of hydrogen-bond acceptors (Lipinski definition) is 13. The Morgan fingerprint density at radius 1 is 0.486 bits per heavy atom. The lowest BCUT2D eigenvalue weighted by Crippen LogP contribution is -2.65. The van der Waals surface area contributed by atoms with Crippen molar-refractivity contribution in [2.75, 3.05) is 19.8 Å². The SMILES string of the molecule is CCCCCCCCCCCCCCCC/C=C/CC/C=C/C(O)C(COC1OC(CO)C(OC2OC(CO)C(O)C(O)C2O)C(O)C1O)NC(=O)CCCCCCCCCCCCCCCCCCCC. The zero-order valence-corrected chi connectivity index (χ0v) is 45.4. The van der Waals surface area contributed by atoms with Crippen molar-refractivity contribution in [2.45, 2.75) is 319 Å². The van der Waals surface area contributed by atoms with Crippen LogP contribution in [0.4, 0.5) is 0 Å². The van der Waals surface area contributed by atoms with Crippen molar-refractivity contribution in [3.8, 4) is 0 Å². The molecule has 0 aromatic heterocycles. The van der Waals surface area contributed by atoms with E-state index in [1.807, 2.05) is 6.08 Å². The Morgan fingerprint density at radius 2 is 0.889 bits per heavy atom. The molecule has 0 aromatic rings. The van der Waals surface area contributed by atoms with Crippen molar-refractivity contribution in [3.05, 3.63) is 24.3 Å². The van der Waals surface area contributed by atoms with Crippen LogP contribution in [0.3, 0.4) is 0 Å². The topological polar surface area (TPSA) is 228 Å². The molecule has 424 valence electrons. The van der Waals surface area contributed by atoms with E-state index in [1.165, 1.54) is 180 Å². The van der Waals surface area contributed by atoms with Crippen molar-refractivity contribution in [1.29, 1.82) is 0 Å². The molecule has 12 unspecified atom stereocenters. The number of amides is 1. The van der Waals surface area contributed by atoms with Gasteiger partial charge < -0.3 is 65.1 Å². The summed E-state index contributed by atoms with van der Waals surface area (Å²) < 4.78 is 22.8. The van der Waals surface area contributed by atoms with E-state index >= 15 is 0 Å². The second-order valence-electron chi connectivity index (χ2n) is 21.1. The van der Waals surface area contributed by atoms with E-state index < -0.39 is 86.8 Å². The van der Waals surface area contributed by atoms with Gasteiger partial charge in [0, 0.05) is 6.42 Å². The third-order valence-corrected chi connectivity index (χ3v) is 14.6. The molecule has 72 heavy (non-hydrogen) atoms. The lowest BCUT2D eigenvalue weighted by Gasteiger charge is -2.46. The maximum Gasteiger partial charge on any atom is 0.220 e. The lowest BCUT2D eigenvalue weighted by molar-refractivity contribution is -0.359. The number of nitrogens with one attached hydrogen (secondary N) is 1. The molecule has 2 fully saturated rings. The largest absolute Gasteiger partial charge is 0.394 e. The predicted octanol–water partition coefficient (Wildman–Crippen LogP) is 9.67. The molecule has 0 radical (unpaired) electrons. The summed E-state index contributed by atoms with van der Waals surface area (Å²) in [5, 5.41) is 87.0. The van der Waals surface area contributed by atoms with E-state index in [0.29, 0.717) is 12.8 Å². The maximum absolute atomic E-state index is 13.2. The summed E-state index contributed by atoms with van der Waals surface area (Å²) in [5.41, 5.74) is 0.